The number of nitrogens with zero attached hydrogens (tertiary/aromatic N) is 2. The predicted molar refractivity (Wildman–Crippen MR) is 86.9 cm³/mol. The largest absolute Gasteiger partial charge is 0.341 e. The molecule has 1 aliphatic rings. The molecule has 2 atom stereocenters. The van der Waals surface area contributed by atoms with Crippen molar-refractivity contribution in [1.29, 1.82) is 0 Å². The SMILES string of the molecule is CC1CCCCC1N(C)C(=O)CN(C)Cc1cccc(F)c1. The van der Waals surface area contributed by atoms with Gasteiger partial charge in [-0.05, 0) is 43.5 Å². The van der Waals surface area contributed by atoms with Crippen molar-refractivity contribution in [1.82, 2.24) is 9.80 Å². The van der Waals surface area contributed by atoms with Crippen molar-refractivity contribution in [2.45, 2.75) is 45.2 Å². The molecule has 1 fully saturated rings. The van der Waals surface area contributed by atoms with E-state index >= 15 is 0 Å². The number of rotatable bonds is 5. The highest BCUT2D eigenvalue weighted by Gasteiger charge is 2.28. The number of amides is 1. The predicted octanol–water partition coefficient (Wildman–Crippen LogP) is 3.29. The van der Waals surface area contributed by atoms with Crippen molar-refractivity contribution < 1.29 is 9.18 Å². The third kappa shape index (κ3) is 4.54. The fraction of sp³-hybridized carbons (Fsp3) is 0.611. The first kappa shape index (κ1) is 16.9. The maximum absolute atomic E-state index is 13.2. The molecule has 1 saturated carbocycles. The van der Waals surface area contributed by atoms with Crippen molar-refractivity contribution in [3.8, 4) is 0 Å². The van der Waals surface area contributed by atoms with Gasteiger partial charge in [-0.1, -0.05) is 31.9 Å². The van der Waals surface area contributed by atoms with Crippen molar-refractivity contribution in [3.05, 3.63) is 35.6 Å². The molecule has 1 aromatic rings. The minimum absolute atomic E-state index is 0.151. The van der Waals surface area contributed by atoms with Crippen molar-refractivity contribution in [2.75, 3.05) is 20.6 Å². The van der Waals surface area contributed by atoms with E-state index in [0.29, 0.717) is 25.0 Å². The van der Waals surface area contributed by atoms with E-state index in [0.717, 1.165) is 12.0 Å². The molecule has 4 heteroatoms. The number of benzene rings is 1. The monoisotopic (exact) mass is 306 g/mol. The van der Waals surface area contributed by atoms with Gasteiger partial charge in [-0.15, -0.1) is 0 Å². The summed E-state index contributed by atoms with van der Waals surface area (Å²) < 4.78 is 13.2. The van der Waals surface area contributed by atoms with E-state index in [9.17, 15) is 9.18 Å². The molecule has 0 spiro atoms. The Morgan fingerprint density at radius 2 is 2.00 bits per heavy atom. The van der Waals surface area contributed by atoms with Crippen molar-refractivity contribution in [2.24, 2.45) is 5.92 Å². The van der Waals surface area contributed by atoms with Crippen LogP contribution >= 0.6 is 0 Å². The van der Waals surface area contributed by atoms with E-state index in [2.05, 4.69) is 6.92 Å². The topological polar surface area (TPSA) is 23.6 Å². The standard InChI is InChI=1S/C18H27FN2O/c1-14-7-4-5-10-17(14)21(3)18(22)13-20(2)12-15-8-6-9-16(19)11-15/h6,8-9,11,14,17H,4-5,7,10,12-13H2,1-3H3. The minimum Gasteiger partial charge on any atom is -0.341 e. The molecule has 0 aliphatic heterocycles. The second-order valence-electron chi connectivity index (χ2n) is 6.64. The van der Waals surface area contributed by atoms with E-state index in [1.165, 1.54) is 31.4 Å². The third-order valence-electron chi connectivity index (χ3n) is 4.70. The summed E-state index contributed by atoms with van der Waals surface area (Å²) in [4.78, 5) is 16.3. The van der Waals surface area contributed by atoms with Gasteiger partial charge in [0.1, 0.15) is 5.82 Å². The van der Waals surface area contributed by atoms with Crippen LogP contribution in [0.2, 0.25) is 0 Å². The van der Waals surface area contributed by atoms with Crippen LogP contribution in [0.15, 0.2) is 24.3 Å². The Labute approximate surface area is 133 Å². The van der Waals surface area contributed by atoms with Crippen LogP contribution < -0.4 is 0 Å². The normalized spacial score (nSPS) is 21.9. The highest BCUT2D eigenvalue weighted by atomic mass is 19.1. The first-order chi connectivity index (χ1) is 10.5. The molecule has 0 N–H and O–H groups in total. The fourth-order valence-corrected chi connectivity index (χ4v) is 3.40. The Bertz CT molecular complexity index is 506. The zero-order valence-electron chi connectivity index (χ0n) is 13.9. The van der Waals surface area contributed by atoms with Gasteiger partial charge >= 0.3 is 0 Å². The molecular formula is C18H27FN2O. The summed E-state index contributed by atoms with van der Waals surface area (Å²) in [6.07, 6.45) is 4.81. The average molecular weight is 306 g/mol. The molecule has 0 heterocycles. The highest BCUT2D eigenvalue weighted by Crippen LogP contribution is 2.27. The van der Waals surface area contributed by atoms with Gasteiger partial charge in [-0.3, -0.25) is 9.69 Å². The first-order valence-electron chi connectivity index (χ1n) is 8.16. The summed E-state index contributed by atoms with van der Waals surface area (Å²) in [5.41, 5.74) is 0.893. The van der Waals surface area contributed by atoms with Crippen molar-refractivity contribution >= 4 is 5.91 Å². The van der Waals surface area contributed by atoms with Gasteiger partial charge in [0.2, 0.25) is 5.91 Å². The van der Waals surface area contributed by atoms with E-state index in [1.807, 2.05) is 30.0 Å². The lowest BCUT2D eigenvalue weighted by Crippen LogP contribution is -2.46. The Morgan fingerprint density at radius 1 is 1.27 bits per heavy atom. The summed E-state index contributed by atoms with van der Waals surface area (Å²) in [6, 6.07) is 6.91. The Kier molecular flexibility index (Phi) is 5.95. The summed E-state index contributed by atoms with van der Waals surface area (Å²) in [5.74, 6) is 0.499. The molecule has 2 rings (SSSR count). The number of hydrogen-bond acceptors (Lipinski definition) is 2. The zero-order chi connectivity index (χ0) is 16.1. The van der Waals surface area contributed by atoms with E-state index in [1.54, 1.807) is 6.07 Å². The smallest absolute Gasteiger partial charge is 0.236 e. The third-order valence-corrected chi connectivity index (χ3v) is 4.70. The van der Waals surface area contributed by atoms with Crippen LogP contribution in [-0.4, -0.2) is 42.4 Å². The lowest BCUT2D eigenvalue weighted by Gasteiger charge is -2.37. The van der Waals surface area contributed by atoms with Crippen LogP contribution in [0, 0.1) is 11.7 Å². The molecule has 22 heavy (non-hydrogen) atoms. The summed E-state index contributed by atoms with van der Waals surface area (Å²) in [7, 11) is 3.83. The first-order valence-corrected chi connectivity index (χ1v) is 8.16. The lowest BCUT2D eigenvalue weighted by atomic mass is 9.85. The second kappa shape index (κ2) is 7.73. The number of likely N-dealkylation sites (N-methyl/N-ethyl adjacent to an activating group) is 2. The lowest BCUT2D eigenvalue weighted by molar-refractivity contribution is -0.134. The maximum Gasteiger partial charge on any atom is 0.236 e. The van der Waals surface area contributed by atoms with Crippen LogP contribution in [0.4, 0.5) is 4.39 Å². The van der Waals surface area contributed by atoms with Gasteiger partial charge in [-0.25, -0.2) is 4.39 Å². The molecule has 3 nitrogen and oxygen atoms in total. The van der Waals surface area contributed by atoms with E-state index < -0.39 is 0 Å². The van der Waals surface area contributed by atoms with Crippen LogP contribution in [0.25, 0.3) is 0 Å². The molecular weight excluding hydrogens is 279 g/mol. The number of halogens is 1. The van der Waals surface area contributed by atoms with Gasteiger partial charge in [0.05, 0.1) is 6.54 Å². The average Bonchev–Trinajstić information content (AvgIpc) is 2.46. The summed E-state index contributed by atoms with van der Waals surface area (Å²) in [5, 5.41) is 0. The minimum atomic E-state index is -0.231. The van der Waals surface area contributed by atoms with Gasteiger partial charge in [-0.2, -0.15) is 0 Å². The molecule has 2 unspecified atom stereocenters. The van der Waals surface area contributed by atoms with Crippen LogP contribution in [-0.2, 0) is 11.3 Å². The van der Waals surface area contributed by atoms with Crippen LogP contribution in [0.5, 0.6) is 0 Å². The molecule has 0 radical (unpaired) electrons. The zero-order valence-corrected chi connectivity index (χ0v) is 13.9. The van der Waals surface area contributed by atoms with Gasteiger partial charge in [0.25, 0.3) is 0 Å². The van der Waals surface area contributed by atoms with Crippen LogP contribution in [0.1, 0.15) is 38.2 Å². The van der Waals surface area contributed by atoms with E-state index in [-0.39, 0.29) is 11.7 Å². The molecule has 1 amide bonds. The fourth-order valence-electron chi connectivity index (χ4n) is 3.40. The van der Waals surface area contributed by atoms with E-state index in [4.69, 9.17) is 0 Å². The molecule has 1 aliphatic carbocycles. The maximum atomic E-state index is 13.2. The van der Waals surface area contributed by atoms with Gasteiger partial charge in [0.15, 0.2) is 0 Å². The Hall–Kier alpha value is -1.42. The van der Waals surface area contributed by atoms with Crippen molar-refractivity contribution in [3.63, 3.8) is 0 Å². The molecule has 0 bridgehead atoms. The Morgan fingerprint density at radius 3 is 2.68 bits per heavy atom. The molecule has 0 aromatic heterocycles. The van der Waals surface area contributed by atoms with Gasteiger partial charge < -0.3 is 4.90 Å². The molecule has 1 aromatic carbocycles. The number of hydrogen-bond donors (Lipinski definition) is 0. The quantitative estimate of drug-likeness (QED) is 0.833. The molecule has 0 saturated heterocycles. The number of carbonyl (C=O) groups is 1. The summed E-state index contributed by atoms with van der Waals surface area (Å²) >= 11 is 0. The number of carbonyl (C=O) groups excluding carboxylic acids is 1. The van der Waals surface area contributed by atoms with Crippen LogP contribution in [0.3, 0.4) is 0 Å². The Balaban J connectivity index is 1.87. The second-order valence-corrected chi connectivity index (χ2v) is 6.64. The molecule has 122 valence electrons. The van der Waals surface area contributed by atoms with Gasteiger partial charge in [0, 0.05) is 19.6 Å². The summed E-state index contributed by atoms with van der Waals surface area (Å²) in [6.45, 7) is 3.19. The highest BCUT2D eigenvalue weighted by molar-refractivity contribution is 5.78.